The van der Waals surface area contributed by atoms with Crippen molar-refractivity contribution in [1.29, 1.82) is 5.26 Å². The number of hydrogen-bond acceptors (Lipinski definition) is 4. The number of fused-ring (bicyclic) bond motifs is 2. The average molecular weight is 248 g/mol. The van der Waals surface area contributed by atoms with Crippen LogP contribution in [0.1, 0.15) is 5.56 Å². The Morgan fingerprint density at radius 2 is 1.58 bits per heavy atom. The van der Waals surface area contributed by atoms with Crippen LogP contribution < -0.4 is 17.2 Å². The van der Waals surface area contributed by atoms with Crippen LogP contribution in [0.4, 0.5) is 17.1 Å². The molecule has 0 radical (unpaired) electrons. The summed E-state index contributed by atoms with van der Waals surface area (Å²) in [6.07, 6.45) is 0. The van der Waals surface area contributed by atoms with E-state index in [9.17, 15) is 0 Å². The fraction of sp³-hybridized carbons (Fsp3) is 0. The van der Waals surface area contributed by atoms with Crippen molar-refractivity contribution in [3.05, 3.63) is 42.0 Å². The molecule has 0 spiro atoms. The minimum atomic E-state index is 0.419. The van der Waals surface area contributed by atoms with Crippen molar-refractivity contribution in [3.8, 4) is 6.07 Å². The van der Waals surface area contributed by atoms with Crippen molar-refractivity contribution in [2.75, 3.05) is 17.2 Å². The second-order valence-corrected chi connectivity index (χ2v) is 4.48. The van der Waals surface area contributed by atoms with E-state index < -0.39 is 0 Å². The third-order valence-corrected chi connectivity index (χ3v) is 3.36. The normalized spacial score (nSPS) is 10.7. The van der Waals surface area contributed by atoms with Gasteiger partial charge in [-0.3, -0.25) is 0 Å². The Bertz CT molecular complexity index is 860. The lowest BCUT2D eigenvalue weighted by Crippen LogP contribution is -1.94. The van der Waals surface area contributed by atoms with Gasteiger partial charge >= 0.3 is 0 Å². The third-order valence-electron chi connectivity index (χ3n) is 3.36. The molecule has 4 nitrogen and oxygen atoms in total. The van der Waals surface area contributed by atoms with E-state index >= 15 is 0 Å². The zero-order chi connectivity index (χ0) is 13.6. The summed E-state index contributed by atoms with van der Waals surface area (Å²) in [5.41, 5.74) is 20.2. The monoisotopic (exact) mass is 248 g/mol. The SMILES string of the molecule is N#Cc1cc2cc3ccccc(N)c3c(N)c2c1N. The first-order chi connectivity index (χ1) is 9.13. The van der Waals surface area contributed by atoms with E-state index in [2.05, 4.69) is 6.07 Å². The molecule has 3 rings (SSSR count). The molecule has 0 saturated heterocycles. The number of nitrogens with zero attached hydrogens (tertiary/aromatic N) is 1. The predicted molar refractivity (Wildman–Crippen MR) is 79.4 cm³/mol. The molecule has 6 N–H and O–H groups in total. The minimum Gasteiger partial charge on any atom is -0.398 e. The highest BCUT2D eigenvalue weighted by Gasteiger charge is 2.14. The van der Waals surface area contributed by atoms with Gasteiger partial charge in [0, 0.05) is 16.5 Å². The molecule has 0 aromatic heterocycles. The highest BCUT2D eigenvalue weighted by molar-refractivity contribution is 6.19. The lowest BCUT2D eigenvalue weighted by Gasteiger charge is -2.05. The fourth-order valence-electron chi connectivity index (χ4n) is 2.48. The smallest absolute Gasteiger partial charge is 0.101 e. The van der Waals surface area contributed by atoms with Gasteiger partial charge in [0.05, 0.1) is 16.9 Å². The largest absolute Gasteiger partial charge is 0.398 e. The van der Waals surface area contributed by atoms with Crippen molar-refractivity contribution >= 4 is 38.6 Å². The van der Waals surface area contributed by atoms with Gasteiger partial charge in [-0.15, -0.1) is 0 Å². The van der Waals surface area contributed by atoms with Crippen LogP contribution in [0.3, 0.4) is 0 Å². The summed E-state index contributed by atoms with van der Waals surface area (Å²) >= 11 is 0. The molecule has 3 aromatic rings. The number of hydrogen-bond donors (Lipinski definition) is 3. The van der Waals surface area contributed by atoms with Crippen molar-refractivity contribution in [2.24, 2.45) is 0 Å². The minimum absolute atomic E-state index is 0.419. The number of nitriles is 1. The van der Waals surface area contributed by atoms with Crippen LogP contribution in [0.5, 0.6) is 0 Å². The van der Waals surface area contributed by atoms with Crippen molar-refractivity contribution < 1.29 is 0 Å². The molecule has 0 atom stereocenters. The van der Waals surface area contributed by atoms with Gasteiger partial charge in [0.2, 0.25) is 0 Å². The molecular weight excluding hydrogens is 236 g/mol. The summed E-state index contributed by atoms with van der Waals surface area (Å²) in [4.78, 5) is 0. The standard InChI is InChI=1S/C15H12N4/c16-7-10-6-9-5-8-3-1-2-4-11(17)12(8)15(19)13(9)14(10)18/h1-6H,17-19H2. The Hall–Kier alpha value is -2.93. The predicted octanol–water partition coefficient (Wildman–Crippen LogP) is 2.61. The molecular formula is C15H12N4. The van der Waals surface area contributed by atoms with E-state index in [1.54, 1.807) is 12.1 Å². The maximum absolute atomic E-state index is 9.05. The van der Waals surface area contributed by atoms with E-state index in [-0.39, 0.29) is 0 Å². The second-order valence-electron chi connectivity index (χ2n) is 4.48. The number of nitrogen functional groups attached to an aromatic ring is 3. The summed E-state index contributed by atoms with van der Waals surface area (Å²) < 4.78 is 0. The number of rotatable bonds is 0. The van der Waals surface area contributed by atoms with Crippen LogP contribution >= 0.6 is 0 Å². The molecule has 0 aliphatic carbocycles. The number of anilines is 3. The van der Waals surface area contributed by atoms with Crippen LogP contribution in [-0.4, -0.2) is 0 Å². The maximum Gasteiger partial charge on any atom is 0.101 e. The van der Waals surface area contributed by atoms with Crippen LogP contribution in [-0.2, 0) is 0 Å². The molecule has 0 unspecified atom stereocenters. The summed E-state index contributed by atoms with van der Waals surface area (Å²) in [6.45, 7) is 0. The van der Waals surface area contributed by atoms with Crippen molar-refractivity contribution in [2.45, 2.75) is 0 Å². The van der Waals surface area contributed by atoms with Gasteiger partial charge in [-0.25, -0.2) is 0 Å². The van der Waals surface area contributed by atoms with Gasteiger partial charge in [-0.05, 0) is 29.0 Å². The van der Waals surface area contributed by atoms with Gasteiger partial charge in [0.15, 0.2) is 0 Å². The van der Waals surface area contributed by atoms with Gasteiger partial charge in [0.25, 0.3) is 0 Å². The highest BCUT2D eigenvalue weighted by atomic mass is 14.6. The number of nitrogens with two attached hydrogens (primary N) is 3. The Labute approximate surface area is 110 Å². The zero-order valence-electron chi connectivity index (χ0n) is 10.1. The van der Waals surface area contributed by atoms with Gasteiger partial charge in [-0.1, -0.05) is 18.2 Å². The van der Waals surface area contributed by atoms with Crippen LogP contribution in [0.25, 0.3) is 21.5 Å². The Kier molecular flexibility index (Phi) is 2.23. The highest BCUT2D eigenvalue weighted by Crippen LogP contribution is 2.39. The fourth-order valence-corrected chi connectivity index (χ4v) is 2.48. The molecule has 0 fully saturated rings. The number of benzene rings is 1. The Morgan fingerprint density at radius 3 is 2.32 bits per heavy atom. The molecule has 19 heavy (non-hydrogen) atoms. The topological polar surface area (TPSA) is 102 Å². The molecule has 0 heterocycles. The lowest BCUT2D eigenvalue weighted by atomic mass is 10.0. The first-order valence-corrected chi connectivity index (χ1v) is 5.82. The summed E-state index contributed by atoms with van der Waals surface area (Å²) in [5, 5.41) is 12.3. The Morgan fingerprint density at radius 1 is 0.842 bits per heavy atom. The van der Waals surface area contributed by atoms with E-state index in [4.69, 9.17) is 22.5 Å². The van der Waals surface area contributed by atoms with Crippen LogP contribution in [0.2, 0.25) is 0 Å². The van der Waals surface area contributed by atoms with Crippen LogP contribution in [0.15, 0.2) is 36.4 Å². The first kappa shape index (κ1) is 11.2. The molecule has 0 aliphatic heterocycles. The average Bonchev–Trinajstić information content (AvgIpc) is 2.58. The Balaban J connectivity index is 2.63. The maximum atomic E-state index is 9.05. The molecule has 0 aliphatic rings. The zero-order valence-corrected chi connectivity index (χ0v) is 10.1. The molecule has 0 bridgehead atoms. The molecule has 0 amide bonds. The molecule has 0 saturated carbocycles. The van der Waals surface area contributed by atoms with E-state index in [1.807, 2.05) is 24.3 Å². The first-order valence-electron chi connectivity index (χ1n) is 5.82. The molecule has 92 valence electrons. The van der Waals surface area contributed by atoms with Crippen molar-refractivity contribution in [3.63, 3.8) is 0 Å². The van der Waals surface area contributed by atoms with Crippen LogP contribution in [0, 0.1) is 11.3 Å². The van der Waals surface area contributed by atoms with E-state index in [0.717, 1.165) is 16.2 Å². The summed E-state index contributed by atoms with van der Waals surface area (Å²) in [5.74, 6) is 0. The quantitative estimate of drug-likeness (QED) is 0.532. The van der Waals surface area contributed by atoms with E-state index in [0.29, 0.717) is 28.0 Å². The third kappa shape index (κ3) is 1.45. The molecule has 3 aromatic carbocycles. The van der Waals surface area contributed by atoms with Gasteiger partial charge < -0.3 is 17.2 Å². The van der Waals surface area contributed by atoms with Gasteiger partial charge in [-0.2, -0.15) is 5.26 Å². The lowest BCUT2D eigenvalue weighted by molar-refractivity contribution is 1.51. The van der Waals surface area contributed by atoms with Gasteiger partial charge in [0.1, 0.15) is 6.07 Å². The molecule has 4 heteroatoms. The van der Waals surface area contributed by atoms with Crippen molar-refractivity contribution in [1.82, 2.24) is 0 Å². The van der Waals surface area contributed by atoms with E-state index in [1.165, 1.54) is 0 Å². The second kappa shape index (κ2) is 3.79. The summed E-state index contributed by atoms with van der Waals surface area (Å²) in [6, 6.07) is 13.3. The summed E-state index contributed by atoms with van der Waals surface area (Å²) in [7, 11) is 0.